The number of hydrogen-bond acceptors (Lipinski definition) is 2. The van der Waals surface area contributed by atoms with Crippen LogP contribution in [0.25, 0.3) is 0 Å². The maximum Gasteiger partial charge on any atom is 0.227 e. The maximum absolute atomic E-state index is 12.3. The maximum atomic E-state index is 12.3. The van der Waals surface area contributed by atoms with Crippen LogP contribution in [-0.4, -0.2) is 37.0 Å². The summed E-state index contributed by atoms with van der Waals surface area (Å²) in [6.45, 7) is 2.80. The Hall–Kier alpha value is -1.06. The summed E-state index contributed by atoms with van der Waals surface area (Å²) in [4.78, 5) is 14.5. The Morgan fingerprint density at radius 1 is 1.42 bits per heavy atom. The van der Waals surface area contributed by atoms with Crippen molar-refractivity contribution < 1.29 is 4.79 Å². The van der Waals surface area contributed by atoms with Crippen molar-refractivity contribution >= 4 is 17.5 Å². The van der Waals surface area contributed by atoms with Gasteiger partial charge < -0.3 is 10.2 Å². The number of halogens is 1. The van der Waals surface area contributed by atoms with E-state index in [0.717, 1.165) is 24.9 Å². The first kappa shape index (κ1) is 14.4. The molecule has 0 heterocycles. The molecule has 104 valence electrons. The lowest BCUT2D eigenvalue weighted by molar-refractivity contribution is -0.123. The molecule has 1 amide bonds. The molecule has 1 saturated carbocycles. The number of nitrogens with zero attached hydrogens (tertiary/aromatic N) is 1. The zero-order valence-corrected chi connectivity index (χ0v) is 12.5. The Bertz CT molecular complexity index is 469. The number of likely N-dealkylation sites (N-methyl/N-ethyl adjacent to an activating group) is 1. The molecule has 1 N–H and O–H groups in total. The first-order valence-corrected chi connectivity index (χ1v) is 7.02. The number of carbonyl (C=O) groups is 1. The molecular weight excluding hydrogens is 260 g/mol. The van der Waals surface area contributed by atoms with Crippen LogP contribution in [0.5, 0.6) is 0 Å². The second-order valence-corrected chi connectivity index (χ2v) is 6.16. The van der Waals surface area contributed by atoms with Crippen LogP contribution in [0, 0.1) is 0 Å². The van der Waals surface area contributed by atoms with Gasteiger partial charge in [-0.05, 0) is 45.5 Å². The van der Waals surface area contributed by atoms with E-state index < -0.39 is 0 Å². The van der Waals surface area contributed by atoms with Crippen LogP contribution in [0.15, 0.2) is 24.3 Å². The van der Waals surface area contributed by atoms with Crippen molar-refractivity contribution in [1.29, 1.82) is 0 Å². The van der Waals surface area contributed by atoms with Crippen LogP contribution in [-0.2, 0) is 4.79 Å². The molecule has 0 radical (unpaired) electrons. The largest absolute Gasteiger partial charge is 0.349 e. The van der Waals surface area contributed by atoms with Crippen LogP contribution in [0.3, 0.4) is 0 Å². The lowest BCUT2D eigenvalue weighted by Gasteiger charge is -2.24. The minimum atomic E-state index is -0.215. The van der Waals surface area contributed by atoms with E-state index in [-0.39, 0.29) is 17.4 Å². The molecule has 1 aromatic rings. The van der Waals surface area contributed by atoms with Gasteiger partial charge in [-0.3, -0.25) is 4.79 Å². The van der Waals surface area contributed by atoms with E-state index in [2.05, 4.69) is 10.2 Å². The van der Waals surface area contributed by atoms with Crippen molar-refractivity contribution in [3.05, 3.63) is 34.9 Å². The van der Waals surface area contributed by atoms with Crippen LogP contribution in [0.1, 0.15) is 31.2 Å². The molecule has 0 saturated heterocycles. The van der Waals surface area contributed by atoms with Crippen molar-refractivity contribution in [2.24, 2.45) is 0 Å². The summed E-state index contributed by atoms with van der Waals surface area (Å²) in [6.07, 6.45) is 2.12. The highest BCUT2D eigenvalue weighted by Crippen LogP contribution is 2.36. The third-order valence-electron chi connectivity index (χ3n) is 3.63. The normalized spacial score (nSPS) is 18.2. The third kappa shape index (κ3) is 3.48. The molecule has 1 aromatic carbocycles. The molecule has 1 aliphatic carbocycles. The summed E-state index contributed by atoms with van der Waals surface area (Å²) in [5.41, 5.74) is 0.873. The Morgan fingerprint density at radius 2 is 2.05 bits per heavy atom. The molecule has 0 aliphatic heterocycles. The standard InChI is InChI=1S/C15H21ClN2O/c1-11(12-6-4-5-7-13(12)16)14(19)17-15(8-9-15)10-18(2)3/h4-7,11H,8-10H2,1-3H3,(H,17,19). The molecule has 0 aromatic heterocycles. The van der Waals surface area contributed by atoms with Crippen molar-refractivity contribution in [2.75, 3.05) is 20.6 Å². The summed E-state index contributed by atoms with van der Waals surface area (Å²) in [7, 11) is 4.06. The fourth-order valence-corrected chi connectivity index (χ4v) is 2.72. The molecule has 2 rings (SSSR count). The monoisotopic (exact) mass is 280 g/mol. The van der Waals surface area contributed by atoms with Gasteiger partial charge in [0.1, 0.15) is 0 Å². The third-order valence-corrected chi connectivity index (χ3v) is 3.97. The van der Waals surface area contributed by atoms with Gasteiger partial charge in [-0.15, -0.1) is 0 Å². The average Bonchev–Trinajstić information content (AvgIpc) is 3.07. The quantitative estimate of drug-likeness (QED) is 0.899. The first-order chi connectivity index (χ1) is 8.93. The minimum Gasteiger partial charge on any atom is -0.349 e. The second kappa shape index (κ2) is 5.51. The van der Waals surface area contributed by atoms with Gasteiger partial charge in [-0.2, -0.15) is 0 Å². The van der Waals surface area contributed by atoms with E-state index in [9.17, 15) is 4.79 Å². The van der Waals surface area contributed by atoms with Gasteiger partial charge in [0.05, 0.1) is 11.5 Å². The zero-order valence-electron chi connectivity index (χ0n) is 11.7. The van der Waals surface area contributed by atoms with Gasteiger partial charge in [-0.1, -0.05) is 29.8 Å². The molecule has 0 bridgehead atoms. The number of nitrogens with one attached hydrogen (secondary N) is 1. The van der Waals surface area contributed by atoms with E-state index >= 15 is 0 Å². The SMILES string of the molecule is CC(C(=O)NC1(CN(C)C)CC1)c1ccccc1Cl. The molecule has 1 fully saturated rings. The highest BCUT2D eigenvalue weighted by molar-refractivity contribution is 6.31. The highest BCUT2D eigenvalue weighted by Gasteiger charge is 2.44. The Labute approximate surface area is 119 Å². The molecule has 0 spiro atoms. The minimum absolute atomic E-state index is 0.0178. The van der Waals surface area contributed by atoms with Crippen LogP contribution in [0.2, 0.25) is 5.02 Å². The molecule has 1 aliphatic rings. The number of hydrogen-bond donors (Lipinski definition) is 1. The topological polar surface area (TPSA) is 32.3 Å². The van der Waals surface area contributed by atoms with E-state index in [1.54, 1.807) is 0 Å². The van der Waals surface area contributed by atoms with E-state index in [1.165, 1.54) is 0 Å². The lowest BCUT2D eigenvalue weighted by atomic mass is 9.99. The molecular formula is C15H21ClN2O. The Kier molecular flexibility index (Phi) is 4.16. The molecule has 4 heteroatoms. The van der Waals surface area contributed by atoms with Gasteiger partial charge in [0.15, 0.2) is 0 Å². The molecule has 19 heavy (non-hydrogen) atoms. The number of amides is 1. The first-order valence-electron chi connectivity index (χ1n) is 6.65. The van der Waals surface area contributed by atoms with Crippen LogP contribution < -0.4 is 5.32 Å². The van der Waals surface area contributed by atoms with Crippen molar-refractivity contribution in [3.63, 3.8) is 0 Å². The summed E-state index contributed by atoms with van der Waals surface area (Å²) >= 11 is 6.15. The van der Waals surface area contributed by atoms with Crippen molar-refractivity contribution in [1.82, 2.24) is 10.2 Å². The molecule has 1 atom stereocenters. The van der Waals surface area contributed by atoms with Crippen molar-refractivity contribution in [3.8, 4) is 0 Å². The number of rotatable bonds is 5. The Balaban J connectivity index is 2.03. The second-order valence-electron chi connectivity index (χ2n) is 5.75. The fourth-order valence-electron chi connectivity index (χ4n) is 2.42. The zero-order chi connectivity index (χ0) is 14.0. The van der Waals surface area contributed by atoms with Crippen LogP contribution in [0.4, 0.5) is 0 Å². The predicted octanol–water partition coefficient (Wildman–Crippen LogP) is 2.65. The summed E-state index contributed by atoms with van der Waals surface area (Å²) < 4.78 is 0. The van der Waals surface area contributed by atoms with Crippen molar-refractivity contribution in [2.45, 2.75) is 31.2 Å². The Morgan fingerprint density at radius 3 is 2.58 bits per heavy atom. The summed E-state index contributed by atoms with van der Waals surface area (Å²) in [6, 6.07) is 7.54. The van der Waals surface area contributed by atoms with E-state index in [0.29, 0.717) is 5.02 Å². The van der Waals surface area contributed by atoms with Gasteiger partial charge in [-0.25, -0.2) is 0 Å². The molecule has 1 unspecified atom stereocenters. The van der Waals surface area contributed by atoms with E-state index in [1.807, 2.05) is 45.3 Å². The molecule has 3 nitrogen and oxygen atoms in total. The predicted molar refractivity (Wildman–Crippen MR) is 78.5 cm³/mol. The summed E-state index contributed by atoms with van der Waals surface area (Å²) in [5, 5.41) is 3.84. The lowest BCUT2D eigenvalue weighted by Crippen LogP contribution is -2.45. The summed E-state index contributed by atoms with van der Waals surface area (Å²) in [5.74, 6) is -0.152. The van der Waals surface area contributed by atoms with Gasteiger partial charge in [0, 0.05) is 11.6 Å². The highest BCUT2D eigenvalue weighted by atomic mass is 35.5. The van der Waals surface area contributed by atoms with E-state index in [4.69, 9.17) is 11.6 Å². The smallest absolute Gasteiger partial charge is 0.227 e. The fraction of sp³-hybridized carbons (Fsp3) is 0.533. The van der Waals surface area contributed by atoms with Crippen LogP contribution >= 0.6 is 11.6 Å². The number of benzene rings is 1. The average molecular weight is 281 g/mol. The van der Waals surface area contributed by atoms with Gasteiger partial charge in [0.25, 0.3) is 0 Å². The van der Waals surface area contributed by atoms with Gasteiger partial charge >= 0.3 is 0 Å². The number of carbonyl (C=O) groups excluding carboxylic acids is 1. The van der Waals surface area contributed by atoms with Gasteiger partial charge in [0.2, 0.25) is 5.91 Å².